The van der Waals surface area contributed by atoms with Gasteiger partial charge in [-0.2, -0.15) is 0 Å². The van der Waals surface area contributed by atoms with E-state index in [1.807, 2.05) is 6.20 Å². The summed E-state index contributed by atoms with van der Waals surface area (Å²) in [5.74, 6) is 0.467. The summed E-state index contributed by atoms with van der Waals surface area (Å²) in [4.78, 5) is 4.49. The van der Waals surface area contributed by atoms with E-state index in [-0.39, 0.29) is 5.38 Å². The van der Waals surface area contributed by atoms with E-state index in [2.05, 4.69) is 57.3 Å². The minimum absolute atomic E-state index is 0.0964. The molecule has 0 saturated heterocycles. The largest absolute Gasteiger partial charge is 0.260 e. The number of benzene rings is 1. The van der Waals surface area contributed by atoms with Crippen LogP contribution in [0.5, 0.6) is 0 Å². The number of nitrogens with zero attached hydrogens (tertiary/aromatic N) is 1. The molecule has 1 aromatic heterocycles. The van der Waals surface area contributed by atoms with E-state index in [1.54, 1.807) is 0 Å². The van der Waals surface area contributed by atoms with E-state index in [9.17, 15) is 0 Å². The normalized spacial score (nSPS) is 22.1. The van der Waals surface area contributed by atoms with Crippen LogP contribution in [0, 0.1) is 5.92 Å². The van der Waals surface area contributed by atoms with Crippen molar-refractivity contribution < 1.29 is 0 Å². The lowest BCUT2D eigenvalue weighted by Gasteiger charge is -2.21. The van der Waals surface area contributed by atoms with Gasteiger partial charge in [-0.15, -0.1) is 11.6 Å². The first-order chi connectivity index (χ1) is 9.74. The van der Waals surface area contributed by atoms with E-state index in [4.69, 9.17) is 11.6 Å². The highest BCUT2D eigenvalue weighted by Crippen LogP contribution is 2.39. The van der Waals surface area contributed by atoms with Crippen LogP contribution in [0.3, 0.4) is 0 Å². The molecule has 3 heteroatoms. The lowest BCUT2D eigenvalue weighted by Crippen LogP contribution is -2.11. The highest BCUT2D eigenvalue weighted by atomic mass is 79.9. The predicted molar refractivity (Wildman–Crippen MR) is 87.1 cm³/mol. The number of aryl methyl sites for hydroxylation is 1. The molecular weight excluding hydrogens is 334 g/mol. The van der Waals surface area contributed by atoms with Gasteiger partial charge in [0.25, 0.3) is 0 Å². The van der Waals surface area contributed by atoms with Crippen LogP contribution in [-0.4, -0.2) is 4.98 Å². The standard InChI is InChI=1S/C17H17BrClN/c18-14-8-9-15(20-11-14)10-13-6-3-5-12-4-1-2-7-16(12)17(13)19/h1-2,4,7-9,11,13,17H,3,5-6,10H2. The van der Waals surface area contributed by atoms with Crippen LogP contribution in [0.15, 0.2) is 47.1 Å². The fraction of sp³-hybridized carbons (Fsp3) is 0.353. The Morgan fingerprint density at radius 2 is 2.05 bits per heavy atom. The molecular formula is C17H17BrClN. The molecule has 1 aromatic carbocycles. The predicted octanol–water partition coefficient (Wildman–Crippen LogP) is 5.32. The molecule has 0 amide bonds. The Hall–Kier alpha value is -0.860. The molecule has 1 heterocycles. The maximum atomic E-state index is 6.76. The topological polar surface area (TPSA) is 12.9 Å². The van der Waals surface area contributed by atoms with Gasteiger partial charge >= 0.3 is 0 Å². The summed E-state index contributed by atoms with van der Waals surface area (Å²) in [5, 5.41) is 0.0964. The molecule has 2 atom stereocenters. The monoisotopic (exact) mass is 349 g/mol. The average Bonchev–Trinajstić information content (AvgIpc) is 2.62. The second-order valence-corrected chi connectivity index (χ2v) is 6.81. The summed E-state index contributed by atoms with van der Waals surface area (Å²) < 4.78 is 1.02. The minimum Gasteiger partial charge on any atom is -0.260 e. The van der Waals surface area contributed by atoms with Crippen LogP contribution in [0.25, 0.3) is 0 Å². The minimum atomic E-state index is 0.0964. The highest BCUT2D eigenvalue weighted by Gasteiger charge is 2.26. The molecule has 2 unspecified atom stereocenters. The van der Waals surface area contributed by atoms with Crippen molar-refractivity contribution in [2.45, 2.75) is 31.1 Å². The van der Waals surface area contributed by atoms with Crippen molar-refractivity contribution in [2.75, 3.05) is 0 Å². The summed E-state index contributed by atoms with van der Waals surface area (Å²) in [6, 6.07) is 12.7. The number of halogens is 2. The van der Waals surface area contributed by atoms with Gasteiger partial charge in [0.05, 0.1) is 5.38 Å². The molecule has 3 rings (SSSR count). The van der Waals surface area contributed by atoms with E-state index >= 15 is 0 Å². The van der Waals surface area contributed by atoms with Crippen LogP contribution < -0.4 is 0 Å². The molecule has 0 fully saturated rings. The Morgan fingerprint density at radius 1 is 1.20 bits per heavy atom. The Balaban J connectivity index is 1.82. The third-order valence-corrected chi connectivity index (χ3v) is 5.11. The number of rotatable bonds is 2. The molecule has 0 aliphatic heterocycles. The van der Waals surface area contributed by atoms with E-state index in [0.717, 1.165) is 23.0 Å². The number of hydrogen-bond acceptors (Lipinski definition) is 1. The van der Waals surface area contributed by atoms with Crippen molar-refractivity contribution in [1.82, 2.24) is 4.98 Å². The second kappa shape index (κ2) is 6.28. The molecule has 104 valence electrons. The van der Waals surface area contributed by atoms with E-state index < -0.39 is 0 Å². The van der Waals surface area contributed by atoms with Crippen LogP contribution in [-0.2, 0) is 12.8 Å². The zero-order chi connectivity index (χ0) is 13.9. The number of aromatic nitrogens is 1. The molecule has 20 heavy (non-hydrogen) atoms. The summed E-state index contributed by atoms with van der Waals surface area (Å²) in [6.45, 7) is 0. The molecule has 0 N–H and O–H groups in total. The van der Waals surface area contributed by atoms with Crippen molar-refractivity contribution in [3.63, 3.8) is 0 Å². The van der Waals surface area contributed by atoms with Gasteiger partial charge in [-0.1, -0.05) is 24.3 Å². The lowest BCUT2D eigenvalue weighted by molar-refractivity contribution is 0.461. The summed E-state index contributed by atoms with van der Waals surface area (Å²) >= 11 is 10.2. The van der Waals surface area contributed by atoms with Crippen molar-refractivity contribution in [3.8, 4) is 0 Å². The van der Waals surface area contributed by atoms with Gasteiger partial charge < -0.3 is 0 Å². The second-order valence-electron chi connectivity index (χ2n) is 5.42. The molecule has 2 aromatic rings. The molecule has 0 radical (unpaired) electrons. The first-order valence-electron chi connectivity index (χ1n) is 7.06. The number of fused-ring (bicyclic) bond motifs is 1. The first-order valence-corrected chi connectivity index (χ1v) is 8.29. The van der Waals surface area contributed by atoms with Crippen molar-refractivity contribution >= 4 is 27.5 Å². The number of hydrogen-bond donors (Lipinski definition) is 0. The van der Waals surface area contributed by atoms with Gasteiger partial charge in [-0.3, -0.25) is 4.98 Å². The van der Waals surface area contributed by atoms with Crippen LogP contribution in [0.1, 0.15) is 35.0 Å². The van der Waals surface area contributed by atoms with Crippen LogP contribution >= 0.6 is 27.5 Å². The third-order valence-electron chi connectivity index (χ3n) is 4.05. The fourth-order valence-electron chi connectivity index (χ4n) is 2.99. The van der Waals surface area contributed by atoms with E-state index in [1.165, 1.54) is 24.0 Å². The van der Waals surface area contributed by atoms with Gasteiger partial charge in [-0.05, 0) is 70.8 Å². The molecule has 0 spiro atoms. The molecule has 0 bridgehead atoms. The number of alkyl halides is 1. The van der Waals surface area contributed by atoms with Crippen LogP contribution in [0.2, 0.25) is 0 Å². The van der Waals surface area contributed by atoms with Gasteiger partial charge in [0.15, 0.2) is 0 Å². The third kappa shape index (κ3) is 3.07. The highest BCUT2D eigenvalue weighted by molar-refractivity contribution is 9.10. The number of pyridine rings is 1. The summed E-state index contributed by atoms with van der Waals surface area (Å²) in [7, 11) is 0. The quantitative estimate of drug-likeness (QED) is 0.527. The van der Waals surface area contributed by atoms with Gasteiger partial charge in [0.1, 0.15) is 0 Å². The molecule has 1 nitrogen and oxygen atoms in total. The van der Waals surface area contributed by atoms with Crippen molar-refractivity contribution in [2.24, 2.45) is 5.92 Å². The zero-order valence-corrected chi connectivity index (χ0v) is 13.6. The van der Waals surface area contributed by atoms with Crippen molar-refractivity contribution in [1.29, 1.82) is 0 Å². The SMILES string of the molecule is ClC1c2ccccc2CCCC1Cc1ccc(Br)cn1. The Labute approximate surface area is 133 Å². The fourth-order valence-corrected chi connectivity index (χ4v) is 3.65. The average molecular weight is 351 g/mol. The summed E-state index contributed by atoms with van der Waals surface area (Å²) in [5.41, 5.74) is 3.86. The van der Waals surface area contributed by atoms with Crippen LogP contribution in [0.4, 0.5) is 0 Å². The zero-order valence-electron chi connectivity index (χ0n) is 11.2. The summed E-state index contributed by atoms with van der Waals surface area (Å²) in [6.07, 6.45) is 6.34. The van der Waals surface area contributed by atoms with Gasteiger partial charge in [-0.25, -0.2) is 0 Å². The Bertz CT molecular complexity index is 582. The van der Waals surface area contributed by atoms with E-state index in [0.29, 0.717) is 5.92 Å². The Morgan fingerprint density at radius 3 is 2.85 bits per heavy atom. The van der Waals surface area contributed by atoms with Gasteiger partial charge in [0.2, 0.25) is 0 Å². The molecule has 0 saturated carbocycles. The smallest absolute Gasteiger partial charge is 0.0619 e. The molecule has 1 aliphatic rings. The maximum Gasteiger partial charge on any atom is 0.0619 e. The Kier molecular flexibility index (Phi) is 4.42. The molecule has 1 aliphatic carbocycles. The maximum absolute atomic E-state index is 6.76. The van der Waals surface area contributed by atoms with Crippen molar-refractivity contribution in [3.05, 3.63) is 63.9 Å². The first kappa shape index (κ1) is 14.1. The van der Waals surface area contributed by atoms with Gasteiger partial charge in [0, 0.05) is 16.4 Å². The lowest BCUT2D eigenvalue weighted by atomic mass is 9.92.